The molecule has 1 heterocycles. The van der Waals surface area contributed by atoms with E-state index in [2.05, 4.69) is 10.6 Å². The molecule has 2 N–H and O–H groups in total. The number of hydrogen-bond acceptors (Lipinski definition) is 2. The van der Waals surface area contributed by atoms with Gasteiger partial charge >= 0.3 is 6.18 Å². The predicted octanol–water partition coefficient (Wildman–Crippen LogP) is 2.94. The molecule has 1 aromatic rings. The number of carbonyl (C=O) groups excluding carboxylic acids is 2. The molecule has 2 rings (SSSR count). The van der Waals surface area contributed by atoms with Gasteiger partial charge in [0.25, 0.3) is 0 Å². The maximum atomic E-state index is 12.8. The third-order valence-electron chi connectivity index (χ3n) is 3.82. The van der Waals surface area contributed by atoms with Crippen molar-refractivity contribution in [3.8, 4) is 0 Å². The van der Waals surface area contributed by atoms with Gasteiger partial charge in [0.15, 0.2) is 0 Å². The zero-order valence-electron chi connectivity index (χ0n) is 12.7. The van der Waals surface area contributed by atoms with Crippen molar-refractivity contribution >= 4 is 11.8 Å². The van der Waals surface area contributed by atoms with Gasteiger partial charge in [0.1, 0.15) is 6.04 Å². The van der Waals surface area contributed by atoms with Gasteiger partial charge in [0.2, 0.25) is 11.8 Å². The van der Waals surface area contributed by atoms with Gasteiger partial charge in [-0.3, -0.25) is 9.59 Å². The van der Waals surface area contributed by atoms with E-state index in [1.165, 1.54) is 6.07 Å². The highest BCUT2D eigenvalue weighted by Crippen LogP contribution is 2.31. The molecule has 1 saturated heterocycles. The number of amides is 2. The summed E-state index contributed by atoms with van der Waals surface area (Å²) in [6.07, 6.45) is -2.49. The fourth-order valence-corrected chi connectivity index (χ4v) is 2.63. The Kier molecular flexibility index (Phi) is 5.28. The summed E-state index contributed by atoms with van der Waals surface area (Å²) in [5, 5.41) is 5.31. The van der Waals surface area contributed by atoms with E-state index >= 15 is 0 Å². The Hall–Kier alpha value is -2.05. The van der Waals surface area contributed by atoms with E-state index < -0.39 is 23.8 Å². The Morgan fingerprint density at radius 3 is 2.74 bits per heavy atom. The minimum absolute atomic E-state index is 0.184. The molecule has 1 aliphatic heterocycles. The SMILES string of the molecule is CCC[C@H](NC(=O)[C@@H]1CCC(=O)N1)c1cccc(C(F)(F)F)c1. The molecule has 1 aliphatic rings. The number of carbonyl (C=O) groups is 2. The minimum Gasteiger partial charge on any atom is -0.348 e. The first kappa shape index (κ1) is 17.3. The summed E-state index contributed by atoms with van der Waals surface area (Å²) < 4.78 is 38.5. The van der Waals surface area contributed by atoms with Gasteiger partial charge in [-0.25, -0.2) is 0 Å². The van der Waals surface area contributed by atoms with Gasteiger partial charge in [-0.15, -0.1) is 0 Å². The van der Waals surface area contributed by atoms with Crippen LogP contribution in [0.2, 0.25) is 0 Å². The fraction of sp³-hybridized carbons (Fsp3) is 0.500. The second kappa shape index (κ2) is 7.02. The number of rotatable bonds is 5. The largest absolute Gasteiger partial charge is 0.416 e. The Labute approximate surface area is 132 Å². The Bertz CT molecular complexity index is 587. The van der Waals surface area contributed by atoms with E-state index in [4.69, 9.17) is 0 Å². The fourth-order valence-electron chi connectivity index (χ4n) is 2.63. The van der Waals surface area contributed by atoms with Crippen LogP contribution < -0.4 is 10.6 Å². The Morgan fingerprint density at radius 1 is 1.43 bits per heavy atom. The van der Waals surface area contributed by atoms with Gasteiger partial charge in [0, 0.05) is 6.42 Å². The van der Waals surface area contributed by atoms with Crippen molar-refractivity contribution in [3.05, 3.63) is 35.4 Å². The van der Waals surface area contributed by atoms with Crippen molar-refractivity contribution in [2.45, 2.75) is 50.9 Å². The topological polar surface area (TPSA) is 58.2 Å². The molecule has 0 saturated carbocycles. The van der Waals surface area contributed by atoms with E-state index in [0.29, 0.717) is 31.2 Å². The Balaban J connectivity index is 2.15. The molecule has 0 aliphatic carbocycles. The molecule has 2 amide bonds. The van der Waals surface area contributed by atoms with Crippen LogP contribution in [0.4, 0.5) is 13.2 Å². The first-order valence-corrected chi connectivity index (χ1v) is 7.58. The highest BCUT2D eigenvalue weighted by molar-refractivity contribution is 5.90. The molecule has 0 aromatic heterocycles. The summed E-state index contributed by atoms with van der Waals surface area (Å²) in [5.74, 6) is -0.539. The van der Waals surface area contributed by atoms with Crippen molar-refractivity contribution in [2.75, 3.05) is 0 Å². The van der Waals surface area contributed by atoms with Crippen LogP contribution in [0, 0.1) is 0 Å². The highest BCUT2D eigenvalue weighted by atomic mass is 19.4. The van der Waals surface area contributed by atoms with Crippen molar-refractivity contribution in [2.24, 2.45) is 0 Å². The molecule has 126 valence electrons. The van der Waals surface area contributed by atoms with Crippen LogP contribution in [0.15, 0.2) is 24.3 Å². The standard InChI is InChI=1S/C16H19F3N2O2/c1-2-4-12(21-15(23)13-7-8-14(22)20-13)10-5-3-6-11(9-10)16(17,18)19/h3,5-6,9,12-13H,2,4,7-8H2,1H3,(H,20,22)(H,21,23)/t12-,13-/m0/s1. The smallest absolute Gasteiger partial charge is 0.348 e. The van der Waals surface area contributed by atoms with Crippen LogP contribution in [0.5, 0.6) is 0 Å². The molecule has 0 bridgehead atoms. The highest BCUT2D eigenvalue weighted by Gasteiger charge is 2.32. The number of alkyl halides is 3. The van der Waals surface area contributed by atoms with Gasteiger partial charge in [-0.2, -0.15) is 13.2 Å². The van der Waals surface area contributed by atoms with E-state index in [0.717, 1.165) is 12.1 Å². The quantitative estimate of drug-likeness (QED) is 0.873. The summed E-state index contributed by atoms with van der Waals surface area (Å²) in [4.78, 5) is 23.4. The normalized spacial score (nSPS) is 19.3. The number of halogens is 3. The average molecular weight is 328 g/mol. The monoisotopic (exact) mass is 328 g/mol. The third kappa shape index (κ3) is 4.46. The van der Waals surface area contributed by atoms with Crippen LogP contribution in [-0.4, -0.2) is 17.9 Å². The van der Waals surface area contributed by atoms with E-state index in [9.17, 15) is 22.8 Å². The third-order valence-corrected chi connectivity index (χ3v) is 3.82. The number of hydrogen-bond donors (Lipinski definition) is 2. The molecular weight excluding hydrogens is 309 g/mol. The average Bonchev–Trinajstić information content (AvgIpc) is 2.93. The number of benzene rings is 1. The summed E-state index contributed by atoms with van der Waals surface area (Å²) in [7, 11) is 0. The lowest BCUT2D eigenvalue weighted by Crippen LogP contribution is -2.43. The maximum absolute atomic E-state index is 12.8. The van der Waals surface area contributed by atoms with Gasteiger partial charge in [-0.1, -0.05) is 25.5 Å². The van der Waals surface area contributed by atoms with Crippen molar-refractivity contribution < 1.29 is 22.8 Å². The second-order valence-electron chi connectivity index (χ2n) is 5.63. The van der Waals surface area contributed by atoms with Crippen LogP contribution in [0.25, 0.3) is 0 Å². The first-order valence-electron chi connectivity index (χ1n) is 7.58. The summed E-state index contributed by atoms with van der Waals surface area (Å²) >= 11 is 0. The van der Waals surface area contributed by atoms with Crippen LogP contribution in [0.3, 0.4) is 0 Å². The van der Waals surface area contributed by atoms with E-state index in [-0.39, 0.29) is 11.8 Å². The predicted molar refractivity (Wildman–Crippen MR) is 78.4 cm³/mol. The van der Waals surface area contributed by atoms with Crippen LogP contribution >= 0.6 is 0 Å². The molecule has 0 unspecified atom stereocenters. The molecule has 7 heteroatoms. The lowest BCUT2D eigenvalue weighted by Gasteiger charge is -2.22. The lowest BCUT2D eigenvalue weighted by atomic mass is 9.99. The van der Waals surface area contributed by atoms with E-state index in [1.807, 2.05) is 6.92 Å². The molecular formula is C16H19F3N2O2. The van der Waals surface area contributed by atoms with Crippen molar-refractivity contribution in [1.82, 2.24) is 10.6 Å². The minimum atomic E-state index is -4.42. The van der Waals surface area contributed by atoms with Crippen LogP contribution in [0.1, 0.15) is 49.8 Å². The van der Waals surface area contributed by atoms with Crippen molar-refractivity contribution in [3.63, 3.8) is 0 Å². The molecule has 1 fully saturated rings. The van der Waals surface area contributed by atoms with Gasteiger partial charge < -0.3 is 10.6 Å². The molecule has 23 heavy (non-hydrogen) atoms. The van der Waals surface area contributed by atoms with Crippen molar-refractivity contribution in [1.29, 1.82) is 0 Å². The Morgan fingerprint density at radius 2 is 2.17 bits per heavy atom. The molecule has 2 atom stereocenters. The lowest BCUT2D eigenvalue weighted by molar-refractivity contribution is -0.137. The summed E-state index contributed by atoms with van der Waals surface area (Å²) in [5.41, 5.74) is -0.320. The summed E-state index contributed by atoms with van der Waals surface area (Å²) in [6.45, 7) is 1.89. The molecule has 1 aromatic carbocycles. The van der Waals surface area contributed by atoms with Gasteiger partial charge in [-0.05, 0) is 30.5 Å². The molecule has 0 radical (unpaired) electrons. The second-order valence-corrected chi connectivity index (χ2v) is 5.63. The first-order chi connectivity index (χ1) is 10.8. The maximum Gasteiger partial charge on any atom is 0.416 e. The van der Waals surface area contributed by atoms with Gasteiger partial charge in [0.05, 0.1) is 11.6 Å². The summed E-state index contributed by atoms with van der Waals surface area (Å²) in [6, 6.07) is 3.87. The molecule has 4 nitrogen and oxygen atoms in total. The van der Waals surface area contributed by atoms with E-state index in [1.54, 1.807) is 6.07 Å². The number of nitrogens with one attached hydrogen (secondary N) is 2. The van der Waals surface area contributed by atoms with Crippen LogP contribution in [-0.2, 0) is 15.8 Å². The zero-order valence-corrected chi connectivity index (χ0v) is 12.7. The molecule has 0 spiro atoms. The zero-order chi connectivity index (χ0) is 17.0.